The van der Waals surface area contributed by atoms with Crippen LogP contribution >= 0.6 is 11.6 Å². The molecular weight excluding hydrogens is 314 g/mol. The van der Waals surface area contributed by atoms with Gasteiger partial charge in [-0.3, -0.25) is 5.32 Å². The molecule has 0 saturated carbocycles. The van der Waals surface area contributed by atoms with Gasteiger partial charge in [0.25, 0.3) is 0 Å². The predicted octanol–water partition coefficient (Wildman–Crippen LogP) is 3.13. The molecule has 1 aromatic carbocycles. The van der Waals surface area contributed by atoms with Crippen molar-refractivity contribution in [2.24, 2.45) is 0 Å². The molecule has 0 aliphatic carbocycles. The summed E-state index contributed by atoms with van der Waals surface area (Å²) in [7, 11) is 0. The molecule has 1 aliphatic heterocycles. The van der Waals surface area contributed by atoms with Crippen molar-refractivity contribution in [1.29, 1.82) is 0 Å². The van der Waals surface area contributed by atoms with Gasteiger partial charge < -0.3 is 15.0 Å². The van der Waals surface area contributed by atoms with Crippen LogP contribution in [-0.2, 0) is 11.2 Å². The first-order valence-corrected chi connectivity index (χ1v) is 8.43. The van der Waals surface area contributed by atoms with E-state index in [-0.39, 0.29) is 0 Å². The number of amides is 1. The number of piperazine rings is 1. The van der Waals surface area contributed by atoms with Crippen LogP contribution in [0.15, 0.2) is 18.2 Å². The SMILES string of the molecule is CC(C)(C)OC(=O)Nc1ccc(CCN2CCNCC2)cc1Cl. The minimum atomic E-state index is -0.528. The fourth-order valence-corrected chi connectivity index (χ4v) is 2.70. The molecule has 5 nitrogen and oxygen atoms in total. The molecular formula is C17H26ClN3O2. The Kier molecular flexibility index (Phi) is 6.27. The third kappa shape index (κ3) is 6.37. The van der Waals surface area contributed by atoms with Crippen molar-refractivity contribution >= 4 is 23.4 Å². The molecule has 0 aromatic heterocycles. The van der Waals surface area contributed by atoms with E-state index >= 15 is 0 Å². The van der Waals surface area contributed by atoms with Gasteiger partial charge in [-0.05, 0) is 44.9 Å². The summed E-state index contributed by atoms with van der Waals surface area (Å²) in [5, 5.41) is 6.57. The molecule has 0 radical (unpaired) electrons. The van der Waals surface area contributed by atoms with Crippen molar-refractivity contribution in [2.75, 3.05) is 38.0 Å². The van der Waals surface area contributed by atoms with E-state index in [1.54, 1.807) is 0 Å². The van der Waals surface area contributed by atoms with Crippen molar-refractivity contribution in [1.82, 2.24) is 10.2 Å². The zero-order valence-electron chi connectivity index (χ0n) is 14.1. The average Bonchev–Trinajstić information content (AvgIpc) is 2.47. The van der Waals surface area contributed by atoms with Gasteiger partial charge in [0.1, 0.15) is 5.60 Å². The summed E-state index contributed by atoms with van der Waals surface area (Å²) >= 11 is 6.27. The number of carbonyl (C=O) groups excluding carboxylic acids is 1. The molecule has 1 saturated heterocycles. The van der Waals surface area contributed by atoms with Gasteiger partial charge in [0.15, 0.2) is 0 Å². The maximum Gasteiger partial charge on any atom is 0.412 e. The molecule has 1 heterocycles. The number of hydrogen-bond donors (Lipinski definition) is 2. The van der Waals surface area contributed by atoms with Crippen molar-refractivity contribution in [3.63, 3.8) is 0 Å². The first-order chi connectivity index (χ1) is 10.8. The van der Waals surface area contributed by atoms with Crippen LogP contribution in [-0.4, -0.2) is 49.3 Å². The minimum Gasteiger partial charge on any atom is -0.444 e. The highest BCUT2D eigenvalue weighted by molar-refractivity contribution is 6.33. The van der Waals surface area contributed by atoms with Crippen molar-refractivity contribution in [3.8, 4) is 0 Å². The molecule has 1 fully saturated rings. The standard InChI is InChI=1S/C17H26ClN3O2/c1-17(2,3)23-16(22)20-15-5-4-13(12-14(15)18)6-9-21-10-7-19-8-11-21/h4-5,12,19H,6-11H2,1-3H3,(H,20,22). The van der Waals surface area contributed by atoms with Crippen molar-refractivity contribution in [3.05, 3.63) is 28.8 Å². The maximum atomic E-state index is 11.8. The van der Waals surface area contributed by atoms with E-state index in [4.69, 9.17) is 16.3 Å². The van der Waals surface area contributed by atoms with E-state index < -0.39 is 11.7 Å². The van der Waals surface area contributed by atoms with E-state index in [1.165, 1.54) is 5.56 Å². The van der Waals surface area contributed by atoms with Gasteiger partial charge >= 0.3 is 6.09 Å². The fraction of sp³-hybridized carbons (Fsp3) is 0.588. The Labute approximate surface area is 143 Å². The topological polar surface area (TPSA) is 53.6 Å². The molecule has 0 unspecified atom stereocenters. The summed E-state index contributed by atoms with van der Waals surface area (Å²) in [5.41, 5.74) is 1.22. The highest BCUT2D eigenvalue weighted by Crippen LogP contribution is 2.24. The van der Waals surface area contributed by atoms with Crippen molar-refractivity contribution < 1.29 is 9.53 Å². The summed E-state index contributed by atoms with van der Waals surface area (Å²) in [6.45, 7) is 10.8. The number of nitrogens with zero attached hydrogens (tertiary/aromatic N) is 1. The Morgan fingerprint density at radius 2 is 2.04 bits per heavy atom. The van der Waals surface area contributed by atoms with Crippen LogP contribution in [0.2, 0.25) is 5.02 Å². The monoisotopic (exact) mass is 339 g/mol. The first-order valence-electron chi connectivity index (χ1n) is 8.05. The van der Waals surface area contributed by atoms with Crippen LogP contribution in [0.5, 0.6) is 0 Å². The highest BCUT2D eigenvalue weighted by atomic mass is 35.5. The molecule has 128 valence electrons. The van der Waals surface area contributed by atoms with Gasteiger partial charge in [0.2, 0.25) is 0 Å². The lowest BCUT2D eigenvalue weighted by atomic mass is 10.1. The highest BCUT2D eigenvalue weighted by Gasteiger charge is 2.17. The van der Waals surface area contributed by atoms with Crippen LogP contribution in [0.4, 0.5) is 10.5 Å². The molecule has 0 bridgehead atoms. The smallest absolute Gasteiger partial charge is 0.412 e. The largest absolute Gasteiger partial charge is 0.444 e. The minimum absolute atomic E-state index is 0.493. The lowest BCUT2D eigenvalue weighted by molar-refractivity contribution is 0.0636. The Morgan fingerprint density at radius 3 is 2.65 bits per heavy atom. The summed E-state index contributed by atoms with van der Waals surface area (Å²) < 4.78 is 5.23. The summed E-state index contributed by atoms with van der Waals surface area (Å²) in [6.07, 6.45) is 0.458. The van der Waals surface area contributed by atoms with Gasteiger partial charge in [-0.25, -0.2) is 4.79 Å². The number of hydrogen-bond acceptors (Lipinski definition) is 4. The lowest BCUT2D eigenvalue weighted by Gasteiger charge is -2.27. The fourth-order valence-electron chi connectivity index (χ4n) is 2.45. The molecule has 2 N–H and O–H groups in total. The predicted molar refractivity (Wildman–Crippen MR) is 94.3 cm³/mol. The first kappa shape index (κ1) is 18.0. The summed E-state index contributed by atoms with van der Waals surface area (Å²) in [6, 6.07) is 5.75. The van der Waals surface area contributed by atoms with Gasteiger partial charge in [-0.1, -0.05) is 17.7 Å². The summed E-state index contributed by atoms with van der Waals surface area (Å²) in [4.78, 5) is 14.2. The van der Waals surface area contributed by atoms with E-state index in [9.17, 15) is 4.79 Å². The number of anilines is 1. The molecule has 23 heavy (non-hydrogen) atoms. The average molecular weight is 340 g/mol. The third-order valence-corrected chi connectivity index (χ3v) is 3.91. The second-order valence-corrected chi connectivity index (χ2v) is 7.19. The van der Waals surface area contributed by atoms with E-state index in [2.05, 4.69) is 15.5 Å². The molecule has 1 aliphatic rings. The van der Waals surface area contributed by atoms with Gasteiger partial charge in [-0.2, -0.15) is 0 Å². The van der Waals surface area contributed by atoms with Crippen LogP contribution in [0.1, 0.15) is 26.3 Å². The number of halogens is 1. The van der Waals surface area contributed by atoms with Crippen LogP contribution in [0, 0.1) is 0 Å². The number of nitrogens with one attached hydrogen (secondary N) is 2. The lowest BCUT2D eigenvalue weighted by Crippen LogP contribution is -2.44. The Morgan fingerprint density at radius 1 is 1.35 bits per heavy atom. The van der Waals surface area contributed by atoms with Crippen LogP contribution in [0.25, 0.3) is 0 Å². The number of ether oxygens (including phenoxy) is 1. The van der Waals surface area contributed by atoms with E-state index in [1.807, 2.05) is 39.0 Å². The quantitative estimate of drug-likeness (QED) is 0.885. The second kappa shape index (κ2) is 7.99. The van der Waals surface area contributed by atoms with Crippen LogP contribution < -0.4 is 10.6 Å². The Bertz CT molecular complexity index is 537. The zero-order chi connectivity index (χ0) is 16.9. The number of rotatable bonds is 4. The summed E-state index contributed by atoms with van der Waals surface area (Å²) in [5.74, 6) is 0. The molecule has 0 spiro atoms. The molecule has 0 atom stereocenters. The zero-order valence-corrected chi connectivity index (χ0v) is 14.9. The molecule has 2 rings (SSSR count). The number of carbonyl (C=O) groups is 1. The second-order valence-electron chi connectivity index (χ2n) is 6.78. The Balaban J connectivity index is 1.88. The van der Waals surface area contributed by atoms with Crippen LogP contribution in [0.3, 0.4) is 0 Å². The van der Waals surface area contributed by atoms with E-state index in [0.717, 1.165) is 39.1 Å². The van der Waals surface area contributed by atoms with Gasteiger partial charge in [0.05, 0.1) is 10.7 Å². The van der Waals surface area contributed by atoms with Gasteiger partial charge in [-0.15, -0.1) is 0 Å². The van der Waals surface area contributed by atoms with Gasteiger partial charge in [0, 0.05) is 32.7 Å². The molecule has 1 amide bonds. The van der Waals surface area contributed by atoms with Crippen molar-refractivity contribution in [2.45, 2.75) is 32.8 Å². The normalized spacial score (nSPS) is 16.2. The van der Waals surface area contributed by atoms with E-state index in [0.29, 0.717) is 10.7 Å². The Hall–Kier alpha value is -1.30. The number of benzene rings is 1. The maximum absolute atomic E-state index is 11.8. The third-order valence-electron chi connectivity index (χ3n) is 3.60. The molecule has 6 heteroatoms. The molecule has 1 aromatic rings.